The van der Waals surface area contributed by atoms with E-state index >= 15 is 0 Å². The standard InChI is InChI=1S/C10H11NO6/c1-2-11-5(9(12)13)7-8(6(11)10(14)15)17-4-3-16-7/h2-4H2,1H3,(H,12,13)(H,14,15). The van der Waals surface area contributed by atoms with Crippen molar-refractivity contribution in [3.8, 4) is 11.5 Å². The molecular weight excluding hydrogens is 230 g/mol. The van der Waals surface area contributed by atoms with Gasteiger partial charge in [-0.25, -0.2) is 9.59 Å². The molecule has 0 unspecified atom stereocenters. The van der Waals surface area contributed by atoms with Crippen molar-refractivity contribution in [1.29, 1.82) is 0 Å². The molecule has 2 rings (SSSR count). The molecule has 1 aliphatic heterocycles. The number of fused-ring (bicyclic) bond motifs is 1. The molecule has 2 heterocycles. The minimum atomic E-state index is -1.24. The van der Waals surface area contributed by atoms with Crippen molar-refractivity contribution < 1.29 is 29.3 Å². The summed E-state index contributed by atoms with van der Waals surface area (Å²) in [5.74, 6) is -2.46. The second-order valence-electron chi connectivity index (χ2n) is 3.41. The number of aromatic carboxylic acids is 2. The van der Waals surface area contributed by atoms with Crippen LogP contribution >= 0.6 is 0 Å². The van der Waals surface area contributed by atoms with Gasteiger partial charge >= 0.3 is 11.9 Å². The fourth-order valence-electron chi connectivity index (χ4n) is 1.87. The lowest BCUT2D eigenvalue weighted by molar-refractivity contribution is 0.0675. The Morgan fingerprint density at radius 1 is 1.12 bits per heavy atom. The number of nitrogens with zero attached hydrogens (tertiary/aromatic N) is 1. The van der Waals surface area contributed by atoms with E-state index in [1.54, 1.807) is 6.92 Å². The first-order valence-corrected chi connectivity index (χ1v) is 5.06. The predicted molar refractivity (Wildman–Crippen MR) is 55.0 cm³/mol. The second-order valence-corrected chi connectivity index (χ2v) is 3.41. The molecule has 0 spiro atoms. The molecule has 0 atom stereocenters. The van der Waals surface area contributed by atoms with Crippen LogP contribution in [0.4, 0.5) is 0 Å². The topological polar surface area (TPSA) is 98.0 Å². The molecule has 2 N–H and O–H groups in total. The Morgan fingerprint density at radius 2 is 1.53 bits per heavy atom. The Labute approximate surface area is 96.2 Å². The number of carbonyl (C=O) groups is 2. The normalized spacial score (nSPS) is 13.5. The highest BCUT2D eigenvalue weighted by atomic mass is 16.6. The van der Waals surface area contributed by atoms with Gasteiger partial charge in [0.2, 0.25) is 0 Å². The summed E-state index contributed by atoms with van der Waals surface area (Å²) in [6, 6.07) is 0. The molecule has 17 heavy (non-hydrogen) atoms. The van der Waals surface area contributed by atoms with Gasteiger partial charge in [-0.15, -0.1) is 0 Å². The molecule has 0 saturated carbocycles. The van der Waals surface area contributed by atoms with Gasteiger partial charge in [-0.05, 0) is 6.92 Å². The summed E-state index contributed by atoms with van der Waals surface area (Å²) in [5, 5.41) is 18.2. The average Bonchev–Trinajstić information content (AvgIpc) is 2.62. The zero-order valence-electron chi connectivity index (χ0n) is 9.10. The third kappa shape index (κ3) is 1.59. The molecular formula is C10H11NO6. The molecule has 0 saturated heterocycles. The molecule has 7 nitrogen and oxygen atoms in total. The van der Waals surface area contributed by atoms with Crippen LogP contribution in [0.1, 0.15) is 27.9 Å². The van der Waals surface area contributed by atoms with E-state index in [0.717, 1.165) is 0 Å². The minimum absolute atomic E-state index is 0.00278. The van der Waals surface area contributed by atoms with E-state index < -0.39 is 11.9 Å². The number of carboxylic acid groups (broad SMARTS) is 2. The molecule has 0 amide bonds. The summed E-state index contributed by atoms with van der Waals surface area (Å²) in [6.45, 7) is 2.29. The van der Waals surface area contributed by atoms with Crippen molar-refractivity contribution in [2.45, 2.75) is 13.5 Å². The van der Waals surface area contributed by atoms with Crippen LogP contribution < -0.4 is 9.47 Å². The van der Waals surface area contributed by atoms with Gasteiger partial charge in [0.05, 0.1) is 0 Å². The first kappa shape index (κ1) is 11.3. The van der Waals surface area contributed by atoms with Gasteiger partial charge < -0.3 is 24.3 Å². The van der Waals surface area contributed by atoms with Crippen LogP contribution in [0.2, 0.25) is 0 Å². The van der Waals surface area contributed by atoms with Crippen LogP contribution in [0.3, 0.4) is 0 Å². The lowest BCUT2D eigenvalue weighted by atomic mass is 10.3. The number of hydrogen-bond donors (Lipinski definition) is 2. The maximum Gasteiger partial charge on any atom is 0.356 e. The van der Waals surface area contributed by atoms with Gasteiger partial charge in [-0.1, -0.05) is 0 Å². The van der Waals surface area contributed by atoms with E-state index in [4.69, 9.17) is 19.7 Å². The van der Waals surface area contributed by atoms with E-state index in [1.165, 1.54) is 4.57 Å². The van der Waals surface area contributed by atoms with Crippen LogP contribution in [-0.4, -0.2) is 39.9 Å². The van der Waals surface area contributed by atoms with Gasteiger partial charge in [-0.2, -0.15) is 0 Å². The molecule has 0 aliphatic carbocycles. The van der Waals surface area contributed by atoms with E-state index in [9.17, 15) is 9.59 Å². The summed E-state index contributed by atoms with van der Waals surface area (Å²) in [6.07, 6.45) is 0. The summed E-state index contributed by atoms with van der Waals surface area (Å²) in [5.41, 5.74) is -0.362. The Bertz CT molecular complexity index is 448. The maximum atomic E-state index is 11.1. The Hall–Kier alpha value is -2.18. The van der Waals surface area contributed by atoms with Crippen LogP contribution in [0.25, 0.3) is 0 Å². The van der Waals surface area contributed by atoms with Crippen molar-refractivity contribution in [2.75, 3.05) is 13.2 Å². The van der Waals surface area contributed by atoms with Gasteiger partial charge in [-0.3, -0.25) is 0 Å². The molecule has 1 aliphatic rings. The summed E-state index contributed by atoms with van der Waals surface area (Å²) in [7, 11) is 0. The van der Waals surface area contributed by atoms with E-state index in [0.29, 0.717) is 0 Å². The Kier molecular flexibility index (Phi) is 2.66. The SMILES string of the molecule is CCn1c(C(=O)O)c2c(c1C(=O)O)OCCO2. The predicted octanol–water partition coefficient (Wildman–Crippen LogP) is 0.676. The first-order chi connectivity index (χ1) is 8.07. The Morgan fingerprint density at radius 3 is 1.82 bits per heavy atom. The molecule has 1 aromatic heterocycles. The lowest BCUT2D eigenvalue weighted by Crippen LogP contribution is -2.16. The number of rotatable bonds is 3. The molecule has 7 heteroatoms. The zero-order chi connectivity index (χ0) is 12.6. The molecule has 92 valence electrons. The summed E-state index contributed by atoms with van der Waals surface area (Å²) < 4.78 is 11.6. The van der Waals surface area contributed by atoms with Crippen LogP contribution in [0, 0.1) is 0 Å². The molecule has 1 aromatic rings. The monoisotopic (exact) mass is 241 g/mol. The highest BCUT2D eigenvalue weighted by Gasteiger charge is 2.34. The third-order valence-corrected chi connectivity index (χ3v) is 2.47. The minimum Gasteiger partial charge on any atom is -0.484 e. The highest BCUT2D eigenvalue weighted by molar-refractivity contribution is 5.98. The van der Waals surface area contributed by atoms with Crippen LogP contribution in [0.5, 0.6) is 11.5 Å². The molecule has 0 bridgehead atoms. The number of hydrogen-bond acceptors (Lipinski definition) is 4. The smallest absolute Gasteiger partial charge is 0.356 e. The van der Waals surface area contributed by atoms with Crippen molar-refractivity contribution in [2.24, 2.45) is 0 Å². The largest absolute Gasteiger partial charge is 0.484 e. The van der Waals surface area contributed by atoms with Crippen molar-refractivity contribution in [3.05, 3.63) is 11.4 Å². The van der Waals surface area contributed by atoms with E-state index in [1.807, 2.05) is 0 Å². The average molecular weight is 241 g/mol. The van der Waals surface area contributed by atoms with Gasteiger partial charge in [0.1, 0.15) is 13.2 Å². The molecule has 0 aromatic carbocycles. The first-order valence-electron chi connectivity index (χ1n) is 5.06. The van der Waals surface area contributed by atoms with Crippen LogP contribution in [-0.2, 0) is 6.54 Å². The number of carboxylic acids is 2. The zero-order valence-corrected chi connectivity index (χ0v) is 9.10. The third-order valence-electron chi connectivity index (χ3n) is 2.47. The van der Waals surface area contributed by atoms with Gasteiger partial charge in [0.25, 0.3) is 0 Å². The molecule has 0 radical (unpaired) electrons. The van der Waals surface area contributed by atoms with Gasteiger partial charge in [0.15, 0.2) is 22.9 Å². The molecule has 0 fully saturated rings. The van der Waals surface area contributed by atoms with E-state index in [-0.39, 0.29) is 42.6 Å². The Balaban J connectivity index is 2.74. The lowest BCUT2D eigenvalue weighted by Gasteiger charge is -2.15. The van der Waals surface area contributed by atoms with Crippen molar-refractivity contribution in [3.63, 3.8) is 0 Å². The fourth-order valence-corrected chi connectivity index (χ4v) is 1.87. The van der Waals surface area contributed by atoms with Crippen molar-refractivity contribution in [1.82, 2.24) is 4.57 Å². The highest BCUT2D eigenvalue weighted by Crippen LogP contribution is 2.40. The summed E-state index contributed by atoms with van der Waals surface area (Å²) >= 11 is 0. The summed E-state index contributed by atoms with van der Waals surface area (Å²) in [4.78, 5) is 22.3. The maximum absolute atomic E-state index is 11.1. The fraction of sp³-hybridized carbons (Fsp3) is 0.400. The van der Waals surface area contributed by atoms with Crippen LogP contribution in [0.15, 0.2) is 0 Å². The second kappa shape index (κ2) is 4.00. The number of ether oxygens (including phenoxy) is 2. The number of aromatic nitrogens is 1. The van der Waals surface area contributed by atoms with E-state index in [2.05, 4.69) is 0 Å². The van der Waals surface area contributed by atoms with Gasteiger partial charge in [0, 0.05) is 6.54 Å². The quantitative estimate of drug-likeness (QED) is 0.807. The van der Waals surface area contributed by atoms with Crippen molar-refractivity contribution >= 4 is 11.9 Å².